The lowest BCUT2D eigenvalue weighted by atomic mass is 10.0. The van der Waals surface area contributed by atoms with Crippen molar-refractivity contribution in [2.24, 2.45) is 11.7 Å². The molecule has 0 saturated carbocycles. The Morgan fingerprint density at radius 2 is 1.94 bits per heavy atom. The third kappa shape index (κ3) is 6.33. The fourth-order valence-electron chi connectivity index (χ4n) is 1.90. The molecule has 5 heteroatoms. The number of rotatable bonds is 10. The van der Waals surface area contributed by atoms with Crippen LogP contribution in [0.3, 0.4) is 0 Å². The standard InChI is InChI=1S/C13H28N2O3/c1-11(6-5-7-14)13(16)15(8-9-17-3)12(2)10-18-4/h11-12H,5-10,14H2,1-4H3. The Morgan fingerprint density at radius 3 is 2.44 bits per heavy atom. The molecule has 0 aliphatic heterocycles. The van der Waals surface area contributed by atoms with E-state index in [-0.39, 0.29) is 17.9 Å². The van der Waals surface area contributed by atoms with Crippen molar-refractivity contribution < 1.29 is 14.3 Å². The average molecular weight is 260 g/mol. The number of carbonyl (C=O) groups excluding carboxylic acids is 1. The molecule has 2 unspecified atom stereocenters. The van der Waals surface area contributed by atoms with Gasteiger partial charge in [-0.25, -0.2) is 0 Å². The molecular weight excluding hydrogens is 232 g/mol. The number of nitrogens with two attached hydrogens (primary N) is 1. The maximum absolute atomic E-state index is 12.3. The molecule has 1 amide bonds. The Labute approximate surface area is 111 Å². The molecule has 0 fully saturated rings. The van der Waals surface area contributed by atoms with Crippen LogP contribution in [0.2, 0.25) is 0 Å². The van der Waals surface area contributed by atoms with E-state index >= 15 is 0 Å². The van der Waals surface area contributed by atoms with E-state index in [4.69, 9.17) is 15.2 Å². The van der Waals surface area contributed by atoms with Crippen molar-refractivity contribution >= 4 is 5.91 Å². The van der Waals surface area contributed by atoms with Crippen LogP contribution in [0.25, 0.3) is 0 Å². The van der Waals surface area contributed by atoms with Gasteiger partial charge in [0.25, 0.3) is 0 Å². The van der Waals surface area contributed by atoms with Gasteiger partial charge >= 0.3 is 0 Å². The topological polar surface area (TPSA) is 64.8 Å². The SMILES string of the molecule is COCCN(C(=O)C(C)CCCN)C(C)COC. The van der Waals surface area contributed by atoms with E-state index in [1.807, 2.05) is 18.7 Å². The highest BCUT2D eigenvalue weighted by atomic mass is 16.5. The molecule has 0 saturated heterocycles. The number of ether oxygens (including phenoxy) is 2. The second-order valence-corrected chi connectivity index (χ2v) is 4.66. The Hall–Kier alpha value is -0.650. The van der Waals surface area contributed by atoms with Gasteiger partial charge < -0.3 is 20.1 Å². The summed E-state index contributed by atoms with van der Waals surface area (Å²) in [7, 11) is 3.29. The van der Waals surface area contributed by atoms with Gasteiger partial charge in [-0.15, -0.1) is 0 Å². The van der Waals surface area contributed by atoms with Crippen molar-refractivity contribution in [3.05, 3.63) is 0 Å². The van der Waals surface area contributed by atoms with Gasteiger partial charge in [-0.2, -0.15) is 0 Å². The van der Waals surface area contributed by atoms with Gasteiger partial charge in [-0.3, -0.25) is 4.79 Å². The normalized spacial score (nSPS) is 14.3. The van der Waals surface area contributed by atoms with Crippen molar-refractivity contribution in [3.8, 4) is 0 Å². The highest BCUT2D eigenvalue weighted by Crippen LogP contribution is 2.12. The van der Waals surface area contributed by atoms with Crippen LogP contribution in [0.15, 0.2) is 0 Å². The minimum atomic E-state index is 0.00436. The lowest BCUT2D eigenvalue weighted by Crippen LogP contribution is -2.45. The summed E-state index contributed by atoms with van der Waals surface area (Å²) >= 11 is 0. The van der Waals surface area contributed by atoms with Crippen LogP contribution in [-0.4, -0.2) is 57.4 Å². The summed E-state index contributed by atoms with van der Waals surface area (Å²) in [5.74, 6) is 0.162. The highest BCUT2D eigenvalue weighted by molar-refractivity contribution is 5.78. The molecule has 0 radical (unpaired) electrons. The number of carbonyl (C=O) groups is 1. The van der Waals surface area contributed by atoms with Gasteiger partial charge in [0.2, 0.25) is 5.91 Å². The first-order valence-electron chi connectivity index (χ1n) is 6.56. The van der Waals surface area contributed by atoms with Crippen LogP contribution in [0.1, 0.15) is 26.7 Å². The Kier molecular flexibility index (Phi) is 9.92. The van der Waals surface area contributed by atoms with Crippen LogP contribution in [-0.2, 0) is 14.3 Å². The summed E-state index contributed by atoms with van der Waals surface area (Å²) in [6.45, 7) is 6.27. The summed E-state index contributed by atoms with van der Waals surface area (Å²) in [6, 6.07) is 0.0676. The molecule has 0 aromatic carbocycles. The first kappa shape index (κ1) is 17.4. The largest absolute Gasteiger partial charge is 0.383 e. The maximum Gasteiger partial charge on any atom is 0.225 e. The van der Waals surface area contributed by atoms with E-state index in [0.29, 0.717) is 26.3 Å². The van der Waals surface area contributed by atoms with E-state index in [9.17, 15) is 4.79 Å². The monoisotopic (exact) mass is 260 g/mol. The lowest BCUT2D eigenvalue weighted by Gasteiger charge is -2.31. The molecule has 18 heavy (non-hydrogen) atoms. The van der Waals surface area contributed by atoms with Gasteiger partial charge in [-0.1, -0.05) is 6.92 Å². The van der Waals surface area contributed by atoms with E-state index < -0.39 is 0 Å². The smallest absolute Gasteiger partial charge is 0.225 e. The quantitative estimate of drug-likeness (QED) is 0.633. The van der Waals surface area contributed by atoms with E-state index in [0.717, 1.165) is 12.8 Å². The Bertz CT molecular complexity index is 224. The maximum atomic E-state index is 12.3. The van der Waals surface area contributed by atoms with Crippen LogP contribution < -0.4 is 5.73 Å². The van der Waals surface area contributed by atoms with Gasteiger partial charge in [0.05, 0.1) is 19.3 Å². The zero-order chi connectivity index (χ0) is 14.0. The van der Waals surface area contributed by atoms with E-state index in [1.54, 1.807) is 14.2 Å². The molecular formula is C13H28N2O3. The molecule has 0 heterocycles. The fourth-order valence-corrected chi connectivity index (χ4v) is 1.90. The first-order valence-corrected chi connectivity index (χ1v) is 6.56. The van der Waals surface area contributed by atoms with Gasteiger partial charge in [0.1, 0.15) is 0 Å². The molecule has 5 nitrogen and oxygen atoms in total. The summed E-state index contributed by atoms with van der Waals surface area (Å²) in [4.78, 5) is 14.2. The number of nitrogens with zero attached hydrogens (tertiary/aromatic N) is 1. The molecule has 0 aromatic rings. The number of methoxy groups -OCH3 is 2. The first-order chi connectivity index (χ1) is 8.58. The molecule has 2 atom stereocenters. The minimum absolute atomic E-state index is 0.00436. The zero-order valence-corrected chi connectivity index (χ0v) is 12.1. The highest BCUT2D eigenvalue weighted by Gasteiger charge is 2.24. The molecule has 108 valence electrons. The predicted molar refractivity (Wildman–Crippen MR) is 72.4 cm³/mol. The third-order valence-corrected chi connectivity index (χ3v) is 3.02. The van der Waals surface area contributed by atoms with E-state index in [1.165, 1.54) is 0 Å². The Morgan fingerprint density at radius 1 is 1.28 bits per heavy atom. The van der Waals surface area contributed by atoms with Crippen molar-refractivity contribution in [3.63, 3.8) is 0 Å². The zero-order valence-electron chi connectivity index (χ0n) is 12.1. The summed E-state index contributed by atoms with van der Waals surface area (Å²) in [6.07, 6.45) is 1.71. The number of amides is 1. The van der Waals surface area contributed by atoms with Crippen LogP contribution >= 0.6 is 0 Å². The molecule has 0 aliphatic carbocycles. The molecule has 0 bridgehead atoms. The molecule has 0 aromatic heterocycles. The van der Waals surface area contributed by atoms with Crippen molar-refractivity contribution in [2.75, 3.05) is 40.5 Å². The number of hydrogen-bond acceptors (Lipinski definition) is 4. The second kappa shape index (κ2) is 10.3. The lowest BCUT2D eigenvalue weighted by molar-refractivity contribution is -0.139. The van der Waals surface area contributed by atoms with Crippen LogP contribution in [0.4, 0.5) is 0 Å². The molecule has 2 N–H and O–H groups in total. The molecule has 0 aliphatic rings. The van der Waals surface area contributed by atoms with Crippen molar-refractivity contribution in [2.45, 2.75) is 32.7 Å². The third-order valence-electron chi connectivity index (χ3n) is 3.02. The van der Waals surface area contributed by atoms with Gasteiger partial charge in [0.15, 0.2) is 0 Å². The van der Waals surface area contributed by atoms with Gasteiger partial charge in [-0.05, 0) is 26.3 Å². The minimum Gasteiger partial charge on any atom is -0.383 e. The van der Waals surface area contributed by atoms with E-state index in [2.05, 4.69) is 0 Å². The van der Waals surface area contributed by atoms with Gasteiger partial charge in [0, 0.05) is 26.7 Å². The van der Waals surface area contributed by atoms with Crippen LogP contribution in [0, 0.1) is 5.92 Å². The Balaban J connectivity index is 4.46. The second-order valence-electron chi connectivity index (χ2n) is 4.66. The van der Waals surface area contributed by atoms with Crippen LogP contribution in [0.5, 0.6) is 0 Å². The predicted octanol–water partition coefficient (Wildman–Crippen LogP) is 0.871. The fraction of sp³-hybridized carbons (Fsp3) is 0.923. The number of hydrogen-bond donors (Lipinski definition) is 1. The summed E-state index contributed by atoms with van der Waals surface area (Å²) < 4.78 is 10.2. The molecule has 0 rings (SSSR count). The van der Waals surface area contributed by atoms with Crippen molar-refractivity contribution in [1.82, 2.24) is 4.90 Å². The summed E-state index contributed by atoms with van der Waals surface area (Å²) in [5, 5.41) is 0. The average Bonchev–Trinajstić information content (AvgIpc) is 2.36. The molecule has 0 spiro atoms. The summed E-state index contributed by atoms with van der Waals surface area (Å²) in [5.41, 5.74) is 5.48. The van der Waals surface area contributed by atoms with Crippen molar-refractivity contribution in [1.29, 1.82) is 0 Å².